The van der Waals surface area contributed by atoms with E-state index in [0.29, 0.717) is 12.2 Å². The molecule has 19 heavy (non-hydrogen) atoms. The van der Waals surface area contributed by atoms with Crippen LogP contribution in [0.1, 0.15) is 57.3 Å². The first-order valence-corrected chi connectivity index (χ1v) is 8.23. The van der Waals surface area contributed by atoms with Crippen molar-refractivity contribution in [3.63, 3.8) is 0 Å². The molecule has 0 radical (unpaired) electrons. The first-order valence-electron chi connectivity index (χ1n) is 7.44. The van der Waals surface area contributed by atoms with Crippen LogP contribution in [0.15, 0.2) is 4.47 Å². The highest BCUT2D eigenvalue weighted by atomic mass is 79.9. The Labute approximate surface area is 123 Å². The van der Waals surface area contributed by atoms with Crippen LogP contribution in [0.5, 0.6) is 0 Å². The fraction of sp³-hybridized carbons (Fsp3) is 0.733. The highest BCUT2D eigenvalue weighted by molar-refractivity contribution is 9.10. The van der Waals surface area contributed by atoms with Gasteiger partial charge >= 0.3 is 0 Å². The minimum atomic E-state index is 0.283. The summed E-state index contributed by atoms with van der Waals surface area (Å²) in [5.74, 6) is 0.684. The Morgan fingerprint density at radius 3 is 2.58 bits per heavy atom. The molecule has 1 aliphatic rings. The van der Waals surface area contributed by atoms with Crippen molar-refractivity contribution in [3.8, 4) is 0 Å². The maximum atomic E-state index is 12.4. The third-order valence-corrected chi connectivity index (χ3v) is 5.01. The fourth-order valence-electron chi connectivity index (χ4n) is 2.92. The van der Waals surface area contributed by atoms with E-state index in [2.05, 4.69) is 34.9 Å². The van der Waals surface area contributed by atoms with E-state index in [9.17, 15) is 4.79 Å². The maximum absolute atomic E-state index is 12.4. The van der Waals surface area contributed by atoms with Crippen LogP contribution in [0, 0.1) is 5.92 Å². The number of nitrogens with zero attached hydrogens (tertiary/aromatic N) is 2. The summed E-state index contributed by atoms with van der Waals surface area (Å²) in [4.78, 5) is 12.4. The number of halogens is 1. The highest BCUT2D eigenvalue weighted by Gasteiger charge is 2.24. The lowest BCUT2D eigenvalue weighted by Gasteiger charge is -2.20. The van der Waals surface area contributed by atoms with E-state index in [1.807, 2.05) is 4.68 Å². The Morgan fingerprint density at radius 2 is 2.00 bits per heavy atom. The molecule has 1 fully saturated rings. The second kappa shape index (κ2) is 6.69. The quantitative estimate of drug-likeness (QED) is 0.821. The van der Waals surface area contributed by atoms with Gasteiger partial charge < -0.3 is 0 Å². The zero-order valence-corrected chi connectivity index (χ0v) is 13.5. The van der Waals surface area contributed by atoms with Gasteiger partial charge in [0.15, 0.2) is 0 Å². The normalized spacial score (nSPS) is 16.8. The molecule has 0 spiro atoms. The number of carbonyl (C=O) groups excluding carboxylic acids is 1. The molecule has 1 saturated carbocycles. The minimum absolute atomic E-state index is 0.283. The van der Waals surface area contributed by atoms with Crippen LogP contribution in [0.4, 0.5) is 0 Å². The molecule has 0 saturated heterocycles. The number of ketones is 1. The van der Waals surface area contributed by atoms with Gasteiger partial charge in [0.1, 0.15) is 5.78 Å². The van der Waals surface area contributed by atoms with E-state index >= 15 is 0 Å². The van der Waals surface area contributed by atoms with Crippen LogP contribution < -0.4 is 0 Å². The summed E-state index contributed by atoms with van der Waals surface area (Å²) >= 11 is 3.62. The molecule has 0 aliphatic heterocycles. The van der Waals surface area contributed by atoms with E-state index in [4.69, 9.17) is 0 Å². The molecule has 0 atom stereocenters. The first kappa shape index (κ1) is 14.8. The van der Waals surface area contributed by atoms with Crippen molar-refractivity contribution < 1.29 is 4.79 Å². The van der Waals surface area contributed by atoms with E-state index in [1.54, 1.807) is 0 Å². The molecule has 1 aromatic heterocycles. The van der Waals surface area contributed by atoms with Crippen LogP contribution in [-0.4, -0.2) is 15.6 Å². The average Bonchev–Trinajstić information content (AvgIpc) is 2.76. The van der Waals surface area contributed by atoms with Crippen LogP contribution in [0.25, 0.3) is 0 Å². The van der Waals surface area contributed by atoms with Crippen molar-refractivity contribution in [1.29, 1.82) is 0 Å². The molecule has 0 unspecified atom stereocenters. The van der Waals surface area contributed by atoms with Gasteiger partial charge in [0.2, 0.25) is 0 Å². The Balaban J connectivity index is 2.13. The van der Waals surface area contributed by atoms with Gasteiger partial charge in [-0.15, -0.1) is 0 Å². The summed E-state index contributed by atoms with van der Waals surface area (Å²) in [5.41, 5.74) is 2.13. The van der Waals surface area contributed by atoms with Gasteiger partial charge in [-0.25, -0.2) is 0 Å². The van der Waals surface area contributed by atoms with Crippen LogP contribution in [0.2, 0.25) is 0 Å². The minimum Gasteiger partial charge on any atom is -0.299 e. The lowest BCUT2D eigenvalue weighted by atomic mass is 9.85. The highest BCUT2D eigenvalue weighted by Crippen LogP contribution is 2.28. The topological polar surface area (TPSA) is 34.9 Å². The number of hydrogen-bond donors (Lipinski definition) is 0. The predicted molar refractivity (Wildman–Crippen MR) is 80.3 cm³/mol. The van der Waals surface area contributed by atoms with E-state index in [0.717, 1.165) is 41.7 Å². The Kier molecular flexibility index (Phi) is 5.20. The number of aryl methyl sites for hydroxylation is 2. The van der Waals surface area contributed by atoms with Crippen molar-refractivity contribution in [1.82, 2.24) is 9.78 Å². The van der Waals surface area contributed by atoms with Crippen molar-refractivity contribution in [3.05, 3.63) is 15.9 Å². The lowest BCUT2D eigenvalue weighted by molar-refractivity contribution is -0.123. The molecule has 0 aromatic carbocycles. The summed E-state index contributed by atoms with van der Waals surface area (Å²) in [5, 5.41) is 4.56. The standard InChI is InChI=1S/C15H23BrN2O/c1-3-12-15(16)13(18(4-2)17-12)10-14(19)11-8-6-5-7-9-11/h11H,3-10H2,1-2H3. The predicted octanol–water partition coefficient (Wildman–Crippen LogP) is 3.92. The Bertz CT molecular complexity index is 447. The molecule has 106 valence electrons. The molecule has 1 aliphatic carbocycles. The molecule has 2 rings (SSSR count). The van der Waals surface area contributed by atoms with E-state index < -0.39 is 0 Å². The Morgan fingerprint density at radius 1 is 1.32 bits per heavy atom. The van der Waals surface area contributed by atoms with Gasteiger partial charge in [-0.05, 0) is 42.1 Å². The van der Waals surface area contributed by atoms with Gasteiger partial charge in [0.25, 0.3) is 0 Å². The molecular formula is C15H23BrN2O. The number of hydrogen-bond acceptors (Lipinski definition) is 2. The molecule has 0 amide bonds. The second-order valence-corrected chi connectivity index (χ2v) is 6.15. The van der Waals surface area contributed by atoms with Crippen molar-refractivity contribution in [2.24, 2.45) is 5.92 Å². The monoisotopic (exact) mass is 326 g/mol. The molecule has 3 nitrogen and oxygen atoms in total. The van der Waals surface area contributed by atoms with E-state index in [-0.39, 0.29) is 5.92 Å². The van der Waals surface area contributed by atoms with Gasteiger partial charge in [-0.1, -0.05) is 26.2 Å². The number of rotatable bonds is 5. The summed E-state index contributed by atoms with van der Waals surface area (Å²) in [7, 11) is 0. The van der Waals surface area contributed by atoms with Gasteiger partial charge in [0.05, 0.1) is 15.9 Å². The third-order valence-electron chi connectivity index (χ3n) is 4.10. The molecular weight excluding hydrogens is 304 g/mol. The van der Waals surface area contributed by atoms with Crippen LogP contribution in [0.3, 0.4) is 0 Å². The largest absolute Gasteiger partial charge is 0.299 e. The Hall–Kier alpha value is -0.640. The van der Waals surface area contributed by atoms with Crippen LogP contribution >= 0.6 is 15.9 Å². The third kappa shape index (κ3) is 3.28. The summed E-state index contributed by atoms with van der Waals surface area (Å²) in [6.07, 6.45) is 7.31. The molecule has 1 heterocycles. The van der Waals surface area contributed by atoms with Crippen LogP contribution in [-0.2, 0) is 24.2 Å². The zero-order valence-electron chi connectivity index (χ0n) is 11.9. The van der Waals surface area contributed by atoms with Gasteiger partial charge in [-0.2, -0.15) is 5.10 Å². The number of carbonyl (C=O) groups is 1. The SMILES string of the molecule is CCc1nn(CC)c(CC(=O)C2CCCCC2)c1Br. The van der Waals surface area contributed by atoms with Crippen molar-refractivity contribution in [2.75, 3.05) is 0 Å². The first-order chi connectivity index (χ1) is 9.17. The van der Waals surface area contributed by atoms with Crippen molar-refractivity contribution in [2.45, 2.75) is 65.3 Å². The van der Waals surface area contributed by atoms with Gasteiger partial charge in [-0.3, -0.25) is 9.48 Å². The lowest BCUT2D eigenvalue weighted by Crippen LogP contribution is -2.21. The molecule has 0 bridgehead atoms. The summed E-state index contributed by atoms with van der Waals surface area (Å²) in [6, 6.07) is 0. The summed E-state index contributed by atoms with van der Waals surface area (Å²) < 4.78 is 3.02. The van der Waals surface area contributed by atoms with E-state index in [1.165, 1.54) is 19.3 Å². The number of Topliss-reactive ketones (excluding diaryl/α,β-unsaturated/α-hetero) is 1. The fourth-order valence-corrected chi connectivity index (χ4v) is 3.62. The molecule has 0 N–H and O–H groups in total. The maximum Gasteiger partial charge on any atom is 0.141 e. The van der Waals surface area contributed by atoms with Gasteiger partial charge in [0, 0.05) is 18.9 Å². The average molecular weight is 327 g/mol. The second-order valence-electron chi connectivity index (χ2n) is 5.35. The summed E-state index contributed by atoms with van der Waals surface area (Å²) in [6.45, 7) is 5.00. The van der Waals surface area contributed by atoms with Crippen molar-refractivity contribution >= 4 is 21.7 Å². The number of aromatic nitrogens is 2. The zero-order chi connectivity index (χ0) is 13.8. The smallest absolute Gasteiger partial charge is 0.141 e. The molecule has 1 aromatic rings. The molecule has 4 heteroatoms.